The van der Waals surface area contributed by atoms with Crippen molar-refractivity contribution in [1.82, 2.24) is 14.5 Å². The van der Waals surface area contributed by atoms with Gasteiger partial charge in [-0.15, -0.1) is 0 Å². The Bertz CT molecular complexity index is 1070. The van der Waals surface area contributed by atoms with Crippen molar-refractivity contribution in [2.24, 2.45) is 11.8 Å². The Morgan fingerprint density at radius 2 is 1.71 bits per heavy atom. The molecule has 0 bridgehead atoms. The molecule has 4 fully saturated rings. The second-order valence-corrected chi connectivity index (χ2v) is 10.1. The third kappa shape index (κ3) is 3.94. The molecule has 1 aromatic heterocycles. The summed E-state index contributed by atoms with van der Waals surface area (Å²) in [5.41, 5.74) is -0.841. The number of aromatic nitrogens is 2. The molecule has 0 spiro atoms. The number of carbonyl (C=O) groups excluding carboxylic acids is 2. The van der Waals surface area contributed by atoms with E-state index in [1.807, 2.05) is 0 Å². The minimum Gasteiger partial charge on any atom is -0.394 e. The highest BCUT2D eigenvalue weighted by Gasteiger charge is 2.56. The number of carbonyl (C=O) groups is 2. The lowest BCUT2D eigenvalue weighted by Gasteiger charge is -2.24. The van der Waals surface area contributed by atoms with E-state index in [0.717, 1.165) is 25.7 Å². The molecular formula is C23H31N3O8. The Hall–Kier alpha value is -2.34. The Labute approximate surface area is 196 Å². The van der Waals surface area contributed by atoms with E-state index in [9.17, 15) is 24.3 Å². The predicted octanol–water partition coefficient (Wildman–Crippen LogP) is 0.0542. The molecule has 186 valence electrons. The average molecular weight is 478 g/mol. The summed E-state index contributed by atoms with van der Waals surface area (Å²) in [5.74, 6) is -1.50. The van der Waals surface area contributed by atoms with Crippen molar-refractivity contribution in [2.45, 2.75) is 82.7 Å². The molecule has 6 atom stereocenters. The highest BCUT2D eigenvalue weighted by atomic mass is 16.8. The van der Waals surface area contributed by atoms with E-state index < -0.39 is 41.6 Å². The maximum Gasteiger partial charge on any atom is 0.330 e. The van der Waals surface area contributed by atoms with E-state index in [0.29, 0.717) is 12.0 Å². The molecule has 11 heteroatoms. The number of aryl methyl sites for hydroxylation is 1. The Morgan fingerprint density at radius 3 is 2.35 bits per heavy atom. The van der Waals surface area contributed by atoms with Gasteiger partial charge in [0.1, 0.15) is 18.3 Å². The number of hydrogen-bond donors (Lipinski definition) is 2. The van der Waals surface area contributed by atoms with Crippen LogP contribution in [0.2, 0.25) is 0 Å². The molecule has 0 aromatic carbocycles. The minimum absolute atomic E-state index is 0.102. The second-order valence-electron chi connectivity index (χ2n) is 10.1. The van der Waals surface area contributed by atoms with Gasteiger partial charge in [-0.05, 0) is 39.5 Å². The lowest BCUT2D eigenvalue weighted by Crippen LogP contribution is -2.39. The smallest absolute Gasteiger partial charge is 0.330 e. The summed E-state index contributed by atoms with van der Waals surface area (Å²) < 4.78 is 18.9. The zero-order valence-electron chi connectivity index (χ0n) is 19.4. The minimum atomic E-state index is -0.897. The maximum absolute atomic E-state index is 12.7. The van der Waals surface area contributed by atoms with E-state index in [1.165, 1.54) is 15.7 Å². The highest BCUT2D eigenvalue weighted by molar-refractivity contribution is 6.05. The second kappa shape index (κ2) is 8.71. The van der Waals surface area contributed by atoms with Crippen LogP contribution in [0.5, 0.6) is 0 Å². The molecular weight excluding hydrogens is 446 g/mol. The molecule has 0 radical (unpaired) electrons. The number of imide groups is 1. The van der Waals surface area contributed by atoms with Crippen LogP contribution in [0.15, 0.2) is 15.8 Å². The van der Waals surface area contributed by atoms with Crippen LogP contribution >= 0.6 is 0 Å². The average Bonchev–Trinajstić information content (AvgIpc) is 3.37. The van der Waals surface area contributed by atoms with Gasteiger partial charge in [-0.3, -0.25) is 28.8 Å². The van der Waals surface area contributed by atoms with Crippen molar-refractivity contribution in [3.05, 3.63) is 32.6 Å². The predicted molar refractivity (Wildman–Crippen MR) is 117 cm³/mol. The molecule has 34 heavy (non-hydrogen) atoms. The van der Waals surface area contributed by atoms with Gasteiger partial charge in [-0.2, -0.15) is 0 Å². The number of nitrogens with zero attached hydrogens (tertiary/aromatic N) is 2. The molecule has 1 aliphatic carbocycles. The van der Waals surface area contributed by atoms with Crippen molar-refractivity contribution in [3.8, 4) is 0 Å². The van der Waals surface area contributed by atoms with Gasteiger partial charge in [0.2, 0.25) is 11.8 Å². The van der Waals surface area contributed by atoms with E-state index in [-0.39, 0.29) is 43.2 Å². The third-order valence-electron chi connectivity index (χ3n) is 7.38. The van der Waals surface area contributed by atoms with Crippen LogP contribution in [0.25, 0.3) is 0 Å². The summed E-state index contributed by atoms with van der Waals surface area (Å²) in [6, 6.07) is 0. The number of nitrogens with one attached hydrogen (secondary N) is 1. The first-order valence-corrected chi connectivity index (χ1v) is 12.0. The van der Waals surface area contributed by atoms with Crippen LogP contribution < -0.4 is 11.2 Å². The standard InChI is InChI=1S/C23H31N3O8/c1-23(2)33-16-15(11-27)32-21(17(16)34-23)26-10-12(18(28)24-22(26)31)6-5-9-25-19(29)13-7-3-4-8-14(13)20(25)30/h10,13-17,21,27H,3-9,11H2,1-2H3,(H,24,28,31)/t13-,14?,15+,16?,17?,21+/m0/s1. The molecule has 1 saturated carbocycles. The highest BCUT2D eigenvalue weighted by Crippen LogP contribution is 2.42. The quantitative estimate of drug-likeness (QED) is 0.548. The summed E-state index contributed by atoms with van der Waals surface area (Å²) in [6.07, 6.45) is 2.84. The summed E-state index contributed by atoms with van der Waals surface area (Å²) in [6.45, 7) is 3.43. The number of hydrogen-bond acceptors (Lipinski definition) is 8. The van der Waals surface area contributed by atoms with Crippen molar-refractivity contribution in [3.63, 3.8) is 0 Å². The number of likely N-dealkylation sites (tertiary alicyclic amines) is 1. The molecule has 4 heterocycles. The van der Waals surface area contributed by atoms with Gasteiger partial charge >= 0.3 is 5.69 Å². The molecule has 2 amide bonds. The topological polar surface area (TPSA) is 140 Å². The van der Waals surface area contributed by atoms with E-state index in [4.69, 9.17) is 14.2 Å². The number of fused-ring (bicyclic) bond motifs is 2. The maximum atomic E-state index is 12.7. The molecule has 1 aromatic rings. The lowest BCUT2D eigenvalue weighted by molar-refractivity contribution is -0.200. The first-order valence-electron chi connectivity index (χ1n) is 12.0. The molecule has 2 N–H and O–H groups in total. The lowest BCUT2D eigenvalue weighted by atomic mass is 9.81. The zero-order chi connectivity index (χ0) is 24.2. The Balaban J connectivity index is 1.31. The van der Waals surface area contributed by atoms with Gasteiger partial charge in [-0.1, -0.05) is 12.8 Å². The van der Waals surface area contributed by atoms with Crippen molar-refractivity contribution < 1.29 is 28.9 Å². The molecule has 3 aliphatic heterocycles. The SMILES string of the molecule is CC1(C)OC2C(O1)[C@@H](CO)O[C@H]2n1cc(CCCN2C(=O)C3CCCC[C@@H]3C2=O)c(=O)[nH]c1=O. The van der Waals surface area contributed by atoms with Crippen LogP contribution in [0.1, 0.15) is 57.7 Å². The molecule has 5 rings (SSSR count). The first-order chi connectivity index (χ1) is 16.2. The number of aliphatic hydroxyl groups is 1. The summed E-state index contributed by atoms with van der Waals surface area (Å²) in [4.78, 5) is 54.1. The molecule has 11 nitrogen and oxygen atoms in total. The van der Waals surface area contributed by atoms with E-state index in [2.05, 4.69) is 4.98 Å². The zero-order valence-corrected chi connectivity index (χ0v) is 19.4. The van der Waals surface area contributed by atoms with Crippen LogP contribution in [0.3, 0.4) is 0 Å². The number of amides is 2. The van der Waals surface area contributed by atoms with Gasteiger partial charge < -0.3 is 19.3 Å². The molecule has 3 unspecified atom stereocenters. The number of aliphatic hydroxyl groups excluding tert-OH is 1. The van der Waals surface area contributed by atoms with E-state index in [1.54, 1.807) is 13.8 Å². The summed E-state index contributed by atoms with van der Waals surface area (Å²) in [7, 11) is 0. The fourth-order valence-electron chi connectivity index (χ4n) is 5.80. The number of H-pyrrole nitrogens is 1. The van der Waals surface area contributed by atoms with Crippen molar-refractivity contribution >= 4 is 11.8 Å². The summed E-state index contributed by atoms with van der Waals surface area (Å²) >= 11 is 0. The Morgan fingerprint density at radius 1 is 1.06 bits per heavy atom. The number of aromatic amines is 1. The fourth-order valence-corrected chi connectivity index (χ4v) is 5.80. The van der Waals surface area contributed by atoms with Crippen molar-refractivity contribution in [2.75, 3.05) is 13.2 Å². The van der Waals surface area contributed by atoms with Gasteiger partial charge in [0.15, 0.2) is 12.0 Å². The van der Waals surface area contributed by atoms with Crippen LogP contribution in [-0.2, 0) is 30.2 Å². The van der Waals surface area contributed by atoms with Gasteiger partial charge in [0.25, 0.3) is 5.56 Å². The van der Waals surface area contributed by atoms with E-state index >= 15 is 0 Å². The normalized spacial score (nSPS) is 34.5. The first kappa shape index (κ1) is 23.4. The van der Waals surface area contributed by atoms with Crippen molar-refractivity contribution in [1.29, 1.82) is 0 Å². The van der Waals surface area contributed by atoms with Crippen LogP contribution in [0.4, 0.5) is 0 Å². The van der Waals surface area contributed by atoms with Gasteiger partial charge in [0.05, 0.1) is 18.4 Å². The monoisotopic (exact) mass is 477 g/mol. The van der Waals surface area contributed by atoms with Gasteiger partial charge in [-0.25, -0.2) is 4.79 Å². The number of rotatable bonds is 6. The van der Waals surface area contributed by atoms with Crippen LogP contribution in [-0.4, -0.2) is 68.6 Å². The summed E-state index contributed by atoms with van der Waals surface area (Å²) in [5, 5.41) is 9.69. The molecule has 4 aliphatic rings. The van der Waals surface area contributed by atoms with Gasteiger partial charge in [0, 0.05) is 18.3 Å². The largest absolute Gasteiger partial charge is 0.394 e. The molecule has 3 saturated heterocycles. The third-order valence-corrected chi connectivity index (χ3v) is 7.38. The Kier molecular flexibility index (Phi) is 5.99. The van der Waals surface area contributed by atoms with Crippen LogP contribution in [0, 0.1) is 11.8 Å². The fraction of sp³-hybridized carbons (Fsp3) is 0.739. The number of ether oxygens (including phenoxy) is 3.